The zero-order chi connectivity index (χ0) is 7.40. The van der Waals surface area contributed by atoms with E-state index in [1.807, 2.05) is 13.8 Å². The summed E-state index contributed by atoms with van der Waals surface area (Å²) < 4.78 is 5.29. The molecule has 0 bridgehead atoms. The minimum atomic E-state index is 0.186. The van der Waals surface area contributed by atoms with Crippen molar-refractivity contribution in [1.82, 2.24) is 9.97 Å². The smallest absolute Gasteiger partial charge is 0.156 e. The molecule has 10 heavy (non-hydrogen) atoms. The fourth-order valence-corrected chi connectivity index (χ4v) is 0.618. The summed E-state index contributed by atoms with van der Waals surface area (Å²) in [6.07, 6.45) is 4.96. The first-order chi connectivity index (χ1) is 4.79. The van der Waals surface area contributed by atoms with E-state index in [1.165, 1.54) is 6.33 Å². The Morgan fingerprint density at radius 3 is 2.40 bits per heavy atom. The van der Waals surface area contributed by atoms with Gasteiger partial charge in [-0.15, -0.1) is 0 Å². The van der Waals surface area contributed by atoms with E-state index in [-0.39, 0.29) is 6.10 Å². The number of rotatable bonds is 2. The van der Waals surface area contributed by atoms with E-state index in [0.29, 0.717) is 0 Å². The maximum atomic E-state index is 5.29. The van der Waals surface area contributed by atoms with Gasteiger partial charge in [0.15, 0.2) is 5.75 Å². The summed E-state index contributed by atoms with van der Waals surface area (Å²) in [6.45, 7) is 3.93. The quantitative estimate of drug-likeness (QED) is 0.617. The molecule has 3 nitrogen and oxygen atoms in total. The highest BCUT2D eigenvalue weighted by Gasteiger charge is 1.94. The van der Waals surface area contributed by atoms with Gasteiger partial charge in [0, 0.05) is 0 Å². The Hall–Kier alpha value is -1.12. The van der Waals surface area contributed by atoms with Gasteiger partial charge in [0.25, 0.3) is 0 Å². The van der Waals surface area contributed by atoms with Gasteiger partial charge in [-0.1, -0.05) is 0 Å². The molecule has 1 rings (SSSR count). The first-order valence-corrected chi connectivity index (χ1v) is 3.20. The van der Waals surface area contributed by atoms with Crippen LogP contribution in [0.15, 0.2) is 18.7 Å². The molecule has 0 radical (unpaired) electrons. The Balaban J connectivity index is 2.59. The highest BCUT2D eigenvalue weighted by molar-refractivity contribution is 5.09. The van der Waals surface area contributed by atoms with Crippen molar-refractivity contribution in [2.45, 2.75) is 20.0 Å². The summed E-state index contributed by atoms with van der Waals surface area (Å²) in [5.41, 5.74) is 0. The Morgan fingerprint density at radius 1 is 1.30 bits per heavy atom. The molecule has 0 aliphatic heterocycles. The number of hydrogen-bond donors (Lipinski definition) is 0. The largest absolute Gasteiger partial charge is 0.488 e. The average molecular weight is 138 g/mol. The molecule has 0 atom stereocenters. The Morgan fingerprint density at radius 2 is 1.90 bits per heavy atom. The van der Waals surface area contributed by atoms with Crippen LogP contribution < -0.4 is 4.74 Å². The third kappa shape index (κ3) is 2.01. The molecule has 0 aromatic carbocycles. The molecular weight excluding hydrogens is 128 g/mol. The van der Waals surface area contributed by atoms with E-state index >= 15 is 0 Å². The summed E-state index contributed by atoms with van der Waals surface area (Å²) in [5.74, 6) is 0.720. The van der Waals surface area contributed by atoms with Crippen LogP contribution in [0, 0.1) is 0 Å². The zero-order valence-corrected chi connectivity index (χ0v) is 6.11. The van der Waals surface area contributed by atoms with Crippen molar-refractivity contribution in [3.63, 3.8) is 0 Å². The van der Waals surface area contributed by atoms with Crippen LogP contribution in [0.1, 0.15) is 13.8 Å². The van der Waals surface area contributed by atoms with Crippen LogP contribution in [0.4, 0.5) is 0 Å². The first kappa shape index (κ1) is 6.99. The van der Waals surface area contributed by atoms with E-state index < -0.39 is 0 Å². The summed E-state index contributed by atoms with van der Waals surface area (Å²) >= 11 is 0. The lowest BCUT2D eigenvalue weighted by atomic mass is 10.5. The molecule has 1 aromatic rings. The first-order valence-electron chi connectivity index (χ1n) is 3.20. The minimum Gasteiger partial charge on any atom is -0.488 e. The molecule has 0 aliphatic carbocycles. The SMILES string of the molecule is CC(C)Oc1cncnc1. The van der Waals surface area contributed by atoms with Crippen LogP contribution in [0.2, 0.25) is 0 Å². The van der Waals surface area contributed by atoms with Crippen LogP contribution in [-0.4, -0.2) is 16.1 Å². The average Bonchev–Trinajstić information content (AvgIpc) is 1.88. The maximum Gasteiger partial charge on any atom is 0.156 e. The van der Waals surface area contributed by atoms with E-state index in [1.54, 1.807) is 12.4 Å². The van der Waals surface area contributed by atoms with E-state index in [4.69, 9.17) is 4.74 Å². The summed E-state index contributed by atoms with van der Waals surface area (Å²) in [4.78, 5) is 7.60. The van der Waals surface area contributed by atoms with Crippen LogP contribution in [0.3, 0.4) is 0 Å². The molecule has 1 aromatic heterocycles. The molecule has 0 spiro atoms. The molecule has 3 heteroatoms. The van der Waals surface area contributed by atoms with E-state index in [2.05, 4.69) is 9.97 Å². The van der Waals surface area contributed by atoms with Crippen molar-refractivity contribution >= 4 is 0 Å². The number of ether oxygens (including phenoxy) is 1. The van der Waals surface area contributed by atoms with Crippen LogP contribution >= 0.6 is 0 Å². The molecule has 0 amide bonds. The summed E-state index contributed by atoms with van der Waals surface area (Å²) in [6, 6.07) is 0. The van der Waals surface area contributed by atoms with Gasteiger partial charge in [-0.2, -0.15) is 0 Å². The van der Waals surface area contributed by atoms with Crippen molar-refractivity contribution < 1.29 is 4.74 Å². The van der Waals surface area contributed by atoms with Gasteiger partial charge in [0.1, 0.15) is 6.33 Å². The second-order valence-corrected chi connectivity index (χ2v) is 2.24. The van der Waals surface area contributed by atoms with Gasteiger partial charge < -0.3 is 4.74 Å². The van der Waals surface area contributed by atoms with Gasteiger partial charge in [-0.3, -0.25) is 0 Å². The highest BCUT2D eigenvalue weighted by atomic mass is 16.5. The van der Waals surface area contributed by atoms with Gasteiger partial charge in [0.05, 0.1) is 18.5 Å². The predicted octanol–water partition coefficient (Wildman–Crippen LogP) is 1.26. The topological polar surface area (TPSA) is 35.0 Å². The van der Waals surface area contributed by atoms with Gasteiger partial charge in [0.2, 0.25) is 0 Å². The number of hydrogen-bond acceptors (Lipinski definition) is 3. The molecule has 0 saturated heterocycles. The summed E-state index contributed by atoms with van der Waals surface area (Å²) in [5, 5.41) is 0. The van der Waals surface area contributed by atoms with Crippen LogP contribution in [0.25, 0.3) is 0 Å². The van der Waals surface area contributed by atoms with Crippen LogP contribution in [-0.2, 0) is 0 Å². The third-order valence-electron chi connectivity index (χ3n) is 0.909. The minimum absolute atomic E-state index is 0.186. The highest BCUT2D eigenvalue weighted by Crippen LogP contribution is 2.05. The summed E-state index contributed by atoms with van der Waals surface area (Å²) in [7, 11) is 0. The van der Waals surface area contributed by atoms with Crippen molar-refractivity contribution in [2.75, 3.05) is 0 Å². The second-order valence-electron chi connectivity index (χ2n) is 2.24. The molecule has 0 saturated carbocycles. The number of nitrogens with zero attached hydrogens (tertiary/aromatic N) is 2. The van der Waals surface area contributed by atoms with Crippen molar-refractivity contribution in [1.29, 1.82) is 0 Å². The molecule has 1 heterocycles. The van der Waals surface area contributed by atoms with Crippen molar-refractivity contribution in [3.05, 3.63) is 18.7 Å². The molecule has 0 aliphatic rings. The standard InChI is InChI=1S/C7H10N2O/c1-6(2)10-7-3-8-5-9-4-7/h3-6H,1-2H3. The molecule has 0 unspecified atom stereocenters. The van der Waals surface area contributed by atoms with Gasteiger partial charge in [-0.25, -0.2) is 9.97 Å². The zero-order valence-electron chi connectivity index (χ0n) is 6.11. The fourth-order valence-electron chi connectivity index (χ4n) is 0.618. The monoisotopic (exact) mass is 138 g/mol. The van der Waals surface area contributed by atoms with Gasteiger partial charge >= 0.3 is 0 Å². The Labute approximate surface area is 60.1 Å². The third-order valence-corrected chi connectivity index (χ3v) is 0.909. The van der Waals surface area contributed by atoms with Gasteiger partial charge in [-0.05, 0) is 13.8 Å². The molecular formula is C7H10N2O. The van der Waals surface area contributed by atoms with Crippen LogP contribution in [0.5, 0.6) is 5.75 Å². The second kappa shape index (κ2) is 3.15. The molecule has 54 valence electrons. The molecule has 0 N–H and O–H groups in total. The Bertz CT molecular complexity index is 186. The maximum absolute atomic E-state index is 5.29. The lowest BCUT2D eigenvalue weighted by Crippen LogP contribution is -2.05. The molecule has 0 fully saturated rings. The predicted molar refractivity (Wildman–Crippen MR) is 37.8 cm³/mol. The lowest BCUT2D eigenvalue weighted by Gasteiger charge is -2.06. The van der Waals surface area contributed by atoms with Crippen molar-refractivity contribution in [3.8, 4) is 5.75 Å². The number of aromatic nitrogens is 2. The lowest BCUT2D eigenvalue weighted by molar-refractivity contribution is 0.240. The Kier molecular flexibility index (Phi) is 2.20. The van der Waals surface area contributed by atoms with E-state index in [0.717, 1.165) is 5.75 Å². The normalized spacial score (nSPS) is 9.90. The van der Waals surface area contributed by atoms with E-state index in [9.17, 15) is 0 Å². The fraction of sp³-hybridized carbons (Fsp3) is 0.429. The van der Waals surface area contributed by atoms with Crippen molar-refractivity contribution in [2.24, 2.45) is 0 Å².